The molecule has 2 N–H and O–H groups in total. The zero-order chi connectivity index (χ0) is 14.4. The molecule has 0 aliphatic heterocycles. The first-order chi connectivity index (χ1) is 9.66. The van der Waals surface area contributed by atoms with Crippen LogP contribution in [0.4, 0.5) is 5.69 Å². The van der Waals surface area contributed by atoms with Gasteiger partial charge in [-0.25, -0.2) is 5.43 Å². The summed E-state index contributed by atoms with van der Waals surface area (Å²) in [5.41, 5.74) is 4.54. The van der Waals surface area contributed by atoms with Crippen molar-refractivity contribution >= 4 is 23.2 Å². The van der Waals surface area contributed by atoms with E-state index in [1.54, 1.807) is 24.3 Å². The fraction of sp³-hybridized carbons (Fsp3) is 0.400. The molecule has 5 nitrogen and oxygen atoms in total. The highest BCUT2D eigenvalue weighted by Crippen LogP contribution is 2.16. The highest BCUT2D eigenvalue weighted by atomic mass is 16.2. The molecule has 106 valence electrons. The van der Waals surface area contributed by atoms with Gasteiger partial charge in [-0.15, -0.1) is 0 Å². The Labute approximate surface area is 118 Å². The fourth-order valence-electron chi connectivity index (χ4n) is 2.24. The van der Waals surface area contributed by atoms with Gasteiger partial charge >= 0.3 is 0 Å². The molecule has 0 heterocycles. The maximum atomic E-state index is 12.1. The van der Waals surface area contributed by atoms with Gasteiger partial charge in [0, 0.05) is 12.6 Å². The lowest BCUT2D eigenvalue weighted by Crippen LogP contribution is -2.22. The minimum Gasteiger partial charge on any atom is -0.326 e. The van der Waals surface area contributed by atoms with Crippen LogP contribution in [-0.2, 0) is 4.79 Å². The summed E-state index contributed by atoms with van der Waals surface area (Å²) in [6.07, 6.45) is 5.41. The van der Waals surface area contributed by atoms with Crippen LogP contribution in [0.25, 0.3) is 0 Å². The van der Waals surface area contributed by atoms with Crippen LogP contribution in [0, 0.1) is 0 Å². The van der Waals surface area contributed by atoms with E-state index in [2.05, 4.69) is 15.8 Å². The van der Waals surface area contributed by atoms with Gasteiger partial charge in [0.15, 0.2) is 0 Å². The van der Waals surface area contributed by atoms with Gasteiger partial charge in [0.1, 0.15) is 0 Å². The molecule has 2 amide bonds. The molecule has 0 bridgehead atoms. The molecule has 20 heavy (non-hydrogen) atoms. The van der Waals surface area contributed by atoms with Crippen LogP contribution in [0.2, 0.25) is 0 Å². The van der Waals surface area contributed by atoms with Crippen LogP contribution >= 0.6 is 0 Å². The molecule has 0 atom stereocenters. The molecule has 1 aliphatic rings. The van der Waals surface area contributed by atoms with Crippen molar-refractivity contribution in [2.45, 2.75) is 39.0 Å². The monoisotopic (exact) mass is 273 g/mol. The quantitative estimate of drug-likeness (QED) is 0.831. The summed E-state index contributed by atoms with van der Waals surface area (Å²) in [6.45, 7) is 1.41. The average Bonchev–Trinajstić information content (AvgIpc) is 2.46. The molecule has 0 aromatic heterocycles. The Morgan fingerprint density at radius 3 is 2.50 bits per heavy atom. The zero-order valence-electron chi connectivity index (χ0n) is 11.6. The number of para-hydroxylation sites is 1. The molecule has 1 aromatic rings. The van der Waals surface area contributed by atoms with E-state index in [-0.39, 0.29) is 11.8 Å². The summed E-state index contributed by atoms with van der Waals surface area (Å²) < 4.78 is 0. The van der Waals surface area contributed by atoms with Crippen molar-refractivity contribution in [3.8, 4) is 0 Å². The number of hydrogen-bond acceptors (Lipinski definition) is 3. The lowest BCUT2D eigenvalue weighted by molar-refractivity contribution is -0.114. The zero-order valence-corrected chi connectivity index (χ0v) is 11.6. The van der Waals surface area contributed by atoms with Gasteiger partial charge in [0.2, 0.25) is 5.91 Å². The van der Waals surface area contributed by atoms with Crippen molar-refractivity contribution in [1.82, 2.24) is 5.43 Å². The van der Waals surface area contributed by atoms with E-state index in [0.717, 1.165) is 31.4 Å². The third kappa shape index (κ3) is 3.91. The molecule has 0 unspecified atom stereocenters. The number of hydrazone groups is 1. The Kier molecular flexibility index (Phi) is 4.87. The standard InChI is InChI=1S/C15H19N3O2/c1-11(19)16-14-10-6-5-9-13(14)15(20)18-17-12-7-3-2-4-8-12/h5-6,9-10H,2-4,7-8H2,1H3,(H,16,19)(H,18,20). The van der Waals surface area contributed by atoms with Crippen molar-refractivity contribution in [2.24, 2.45) is 5.10 Å². The van der Waals surface area contributed by atoms with Gasteiger partial charge in [0.25, 0.3) is 5.91 Å². The van der Waals surface area contributed by atoms with E-state index in [1.807, 2.05) is 0 Å². The van der Waals surface area contributed by atoms with Gasteiger partial charge in [-0.05, 0) is 37.8 Å². The van der Waals surface area contributed by atoms with Gasteiger partial charge in [-0.3, -0.25) is 9.59 Å². The lowest BCUT2D eigenvalue weighted by atomic mass is 9.99. The summed E-state index contributed by atoms with van der Waals surface area (Å²) in [6, 6.07) is 6.90. The van der Waals surface area contributed by atoms with E-state index >= 15 is 0 Å². The van der Waals surface area contributed by atoms with Crippen LogP contribution in [0.5, 0.6) is 0 Å². The van der Waals surface area contributed by atoms with E-state index in [1.165, 1.54) is 13.3 Å². The maximum Gasteiger partial charge on any atom is 0.273 e. The maximum absolute atomic E-state index is 12.1. The van der Waals surface area contributed by atoms with Crippen LogP contribution in [0.15, 0.2) is 29.4 Å². The average molecular weight is 273 g/mol. The normalized spacial score (nSPS) is 14.6. The molecule has 1 fully saturated rings. The molecule has 0 saturated heterocycles. The number of amides is 2. The molecular formula is C15H19N3O2. The molecule has 1 aromatic carbocycles. The topological polar surface area (TPSA) is 70.6 Å². The number of anilines is 1. The Morgan fingerprint density at radius 1 is 1.10 bits per heavy atom. The second-order valence-corrected chi connectivity index (χ2v) is 4.91. The van der Waals surface area contributed by atoms with E-state index in [4.69, 9.17) is 0 Å². The number of carbonyl (C=O) groups excluding carboxylic acids is 2. The summed E-state index contributed by atoms with van der Waals surface area (Å²) >= 11 is 0. The number of nitrogens with one attached hydrogen (secondary N) is 2. The third-order valence-electron chi connectivity index (χ3n) is 3.23. The van der Waals surface area contributed by atoms with Crippen LogP contribution in [0.3, 0.4) is 0 Å². The Hall–Kier alpha value is -2.17. The predicted molar refractivity (Wildman–Crippen MR) is 78.7 cm³/mol. The van der Waals surface area contributed by atoms with Crippen molar-refractivity contribution in [3.05, 3.63) is 29.8 Å². The van der Waals surface area contributed by atoms with Gasteiger partial charge in [-0.2, -0.15) is 5.10 Å². The molecule has 0 radical (unpaired) electrons. The summed E-state index contributed by atoms with van der Waals surface area (Å²) in [5, 5.41) is 6.83. The SMILES string of the molecule is CC(=O)Nc1ccccc1C(=O)NN=C1CCCCC1. The summed E-state index contributed by atoms with van der Waals surface area (Å²) in [5.74, 6) is -0.503. The van der Waals surface area contributed by atoms with Crippen molar-refractivity contribution in [2.75, 3.05) is 5.32 Å². The largest absolute Gasteiger partial charge is 0.326 e. The number of rotatable bonds is 3. The third-order valence-corrected chi connectivity index (χ3v) is 3.23. The molecule has 0 spiro atoms. The second kappa shape index (κ2) is 6.84. The van der Waals surface area contributed by atoms with E-state index in [9.17, 15) is 9.59 Å². The number of hydrogen-bond donors (Lipinski definition) is 2. The predicted octanol–water partition coefficient (Wildman–Crippen LogP) is 2.69. The molecule has 5 heteroatoms. The minimum atomic E-state index is -0.299. The van der Waals surface area contributed by atoms with Crippen molar-refractivity contribution in [1.29, 1.82) is 0 Å². The molecule has 2 rings (SSSR count). The number of carbonyl (C=O) groups is 2. The summed E-state index contributed by atoms with van der Waals surface area (Å²) in [7, 11) is 0. The van der Waals surface area contributed by atoms with Gasteiger partial charge in [0.05, 0.1) is 11.3 Å². The lowest BCUT2D eigenvalue weighted by Gasteiger charge is -2.13. The summed E-state index contributed by atoms with van der Waals surface area (Å²) in [4.78, 5) is 23.2. The Morgan fingerprint density at radius 2 is 1.80 bits per heavy atom. The van der Waals surface area contributed by atoms with Crippen LogP contribution < -0.4 is 10.7 Å². The van der Waals surface area contributed by atoms with Gasteiger partial charge in [-0.1, -0.05) is 18.6 Å². The van der Waals surface area contributed by atoms with Crippen molar-refractivity contribution < 1.29 is 9.59 Å². The van der Waals surface area contributed by atoms with Crippen LogP contribution in [0.1, 0.15) is 49.4 Å². The highest BCUT2D eigenvalue weighted by Gasteiger charge is 2.12. The van der Waals surface area contributed by atoms with Crippen LogP contribution in [-0.4, -0.2) is 17.5 Å². The highest BCUT2D eigenvalue weighted by molar-refractivity contribution is 6.03. The Bertz CT molecular complexity index is 530. The number of benzene rings is 1. The van der Waals surface area contributed by atoms with E-state index in [0.29, 0.717) is 11.3 Å². The second-order valence-electron chi connectivity index (χ2n) is 4.91. The van der Waals surface area contributed by atoms with Crippen molar-refractivity contribution in [3.63, 3.8) is 0 Å². The minimum absolute atomic E-state index is 0.205. The first-order valence-corrected chi connectivity index (χ1v) is 6.89. The molecule has 1 aliphatic carbocycles. The first-order valence-electron chi connectivity index (χ1n) is 6.89. The van der Waals surface area contributed by atoms with E-state index < -0.39 is 0 Å². The fourth-order valence-corrected chi connectivity index (χ4v) is 2.24. The first kappa shape index (κ1) is 14.2. The van der Waals surface area contributed by atoms with Gasteiger partial charge < -0.3 is 5.32 Å². The number of nitrogens with zero attached hydrogens (tertiary/aromatic N) is 1. The smallest absolute Gasteiger partial charge is 0.273 e. The molecule has 1 saturated carbocycles. The molecular weight excluding hydrogens is 254 g/mol. The Balaban J connectivity index is 2.06.